The fraction of sp³-hybridized carbons (Fsp3) is 0.824. The molecule has 3 heterocycles. The van der Waals surface area contributed by atoms with Crippen LogP contribution in [0.3, 0.4) is 0 Å². The zero-order valence-corrected chi connectivity index (χ0v) is 14.1. The zero-order valence-electron chi connectivity index (χ0n) is 14.1. The summed E-state index contributed by atoms with van der Waals surface area (Å²) in [5, 5.41) is 0. The summed E-state index contributed by atoms with van der Waals surface area (Å²) >= 11 is 0. The van der Waals surface area contributed by atoms with E-state index in [1.807, 2.05) is 4.90 Å². The third-order valence-corrected chi connectivity index (χ3v) is 5.61. The highest BCUT2D eigenvalue weighted by atomic mass is 16.5. The van der Waals surface area contributed by atoms with Gasteiger partial charge in [-0.25, -0.2) is 0 Å². The van der Waals surface area contributed by atoms with Gasteiger partial charge in [-0.3, -0.25) is 14.4 Å². The highest BCUT2D eigenvalue weighted by Crippen LogP contribution is 2.30. The van der Waals surface area contributed by atoms with Gasteiger partial charge >= 0.3 is 0 Å². The molecular formula is C17H27N3O4. The summed E-state index contributed by atoms with van der Waals surface area (Å²) in [6, 6.07) is 0. The van der Waals surface area contributed by atoms with Crippen molar-refractivity contribution in [2.75, 3.05) is 32.8 Å². The first-order valence-corrected chi connectivity index (χ1v) is 9.01. The van der Waals surface area contributed by atoms with Crippen molar-refractivity contribution < 1.29 is 19.1 Å². The van der Waals surface area contributed by atoms with E-state index in [1.165, 1.54) is 0 Å². The van der Waals surface area contributed by atoms with Gasteiger partial charge in [0.1, 0.15) is 0 Å². The van der Waals surface area contributed by atoms with E-state index in [0.29, 0.717) is 25.5 Å². The summed E-state index contributed by atoms with van der Waals surface area (Å²) in [6.07, 6.45) is 4.78. The van der Waals surface area contributed by atoms with Gasteiger partial charge in [0.2, 0.25) is 17.7 Å². The van der Waals surface area contributed by atoms with Crippen molar-refractivity contribution in [2.24, 2.45) is 17.6 Å². The predicted molar refractivity (Wildman–Crippen MR) is 86.8 cm³/mol. The summed E-state index contributed by atoms with van der Waals surface area (Å²) in [4.78, 5) is 38.9. The molecule has 2 N–H and O–H groups in total. The number of carbonyl (C=O) groups excluding carboxylic acids is 3. The number of nitrogens with two attached hydrogens (primary N) is 1. The summed E-state index contributed by atoms with van der Waals surface area (Å²) < 4.78 is 5.68. The maximum Gasteiger partial charge on any atom is 0.242 e. The Hall–Kier alpha value is -1.63. The maximum absolute atomic E-state index is 12.3. The van der Waals surface area contributed by atoms with E-state index in [0.717, 1.165) is 45.2 Å². The Morgan fingerprint density at radius 3 is 2.54 bits per heavy atom. The van der Waals surface area contributed by atoms with Crippen molar-refractivity contribution in [3.05, 3.63) is 0 Å². The van der Waals surface area contributed by atoms with E-state index in [9.17, 15) is 14.4 Å². The van der Waals surface area contributed by atoms with Crippen molar-refractivity contribution in [3.8, 4) is 0 Å². The van der Waals surface area contributed by atoms with Crippen LogP contribution in [0.2, 0.25) is 0 Å². The van der Waals surface area contributed by atoms with Crippen LogP contribution in [0.5, 0.6) is 0 Å². The van der Waals surface area contributed by atoms with Gasteiger partial charge in [0, 0.05) is 32.7 Å². The van der Waals surface area contributed by atoms with Gasteiger partial charge < -0.3 is 20.3 Å². The lowest BCUT2D eigenvalue weighted by Crippen LogP contribution is -2.45. The number of hydrogen-bond acceptors (Lipinski definition) is 4. The number of piperidine rings is 1. The Morgan fingerprint density at radius 1 is 1.17 bits per heavy atom. The zero-order chi connectivity index (χ0) is 17.1. The van der Waals surface area contributed by atoms with E-state index in [2.05, 4.69) is 0 Å². The Bertz CT molecular complexity index is 502. The third kappa shape index (κ3) is 3.88. The van der Waals surface area contributed by atoms with Crippen molar-refractivity contribution in [1.29, 1.82) is 0 Å². The molecule has 0 aromatic rings. The minimum atomic E-state index is -0.264. The molecule has 3 aliphatic rings. The molecule has 24 heavy (non-hydrogen) atoms. The van der Waals surface area contributed by atoms with Crippen molar-refractivity contribution >= 4 is 17.7 Å². The topological polar surface area (TPSA) is 92.9 Å². The molecule has 7 heteroatoms. The molecular weight excluding hydrogens is 310 g/mol. The molecule has 0 aliphatic carbocycles. The van der Waals surface area contributed by atoms with Crippen LogP contribution < -0.4 is 5.73 Å². The Morgan fingerprint density at radius 2 is 1.92 bits per heavy atom. The summed E-state index contributed by atoms with van der Waals surface area (Å²) in [5.41, 5.74) is 5.44. The van der Waals surface area contributed by atoms with Crippen molar-refractivity contribution in [1.82, 2.24) is 9.80 Å². The van der Waals surface area contributed by atoms with Gasteiger partial charge in [-0.05, 0) is 38.0 Å². The number of carbonyl (C=O) groups is 3. The van der Waals surface area contributed by atoms with E-state index in [-0.39, 0.29) is 36.3 Å². The van der Waals surface area contributed by atoms with E-state index in [4.69, 9.17) is 10.5 Å². The Kier molecular flexibility index (Phi) is 5.38. The summed E-state index contributed by atoms with van der Waals surface area (Å²) in [5.74, 6) is 0.184. The number of nitrogens with zero attached hydrogens (tertiary/aromatic N) is 2. The largest absolute Gasteiger partial charge is 0.377 e. The molecule has 0 spiro atoms. The number of amides is 3. The van der Waals surface area contributed by atoms with Crippen LogP contribution >= 0.6 is 0 Å². The molecule has 3 aliphatic heterocycles. The number of ether oxygens (including phenoxy) is 1. The minimum absolute atomic E-state index is 0.0517. The minimum Gasteiger partial charge on any atom is -0.377 e. The Labute approximate surface area is 142 Å². The number of primary amides is 1. The third-order valence-electron chi connectivity index (χ3n) is 5.61. The summed E-state index contributed by atoms with van der Waals surface area (Å²) in [6.45, 7) is 2.98. The normalized spacial score (nSPS) is 28.6. The van der Waals surface area contributed by atoms with Gasteiger partial charge in [0.15, 0.2) is 0 Å². The molecule has 0 unspecified atom stereocenters. The first-order valence-electron chi connectivity index (χ1n) is 9.01. The van der Waals surface area contributed by atoms with Crippen molar-refractivity contribution in [2.45, 2.75) is 44.6 Å². The number of likely N-dealkylation sites (tertiary alicyclic amines) is 2. The van der Waals surface area contributed by atoms with E-state index in [1.54, 1.807) is 4.90 Å². The average Bonchev–Trinajstić information content (AvgIpc) is 3.18. The molecule has 0 radical (unpaired) electrons. The lowest BCUT2D eigenvalue weighted by atomic mass is 9.86. The van der Waals surface area contributed by atoms with Gasteiger partial charge in [-0.15, -0.1) is 0 Å². The number of rotatable bonds is 5. The highest BCUT2D eigenvalue weighted by molar-refractivity contribution is 5.85. The lowest BCUT2D eigenvalue weighted by Gasteiger charge is -2.34. The van der Waals surface area contributed by atoms with Crippen LogP contribution in [-0.4, -0.2) is 66.4 Å². The monoisotopic (exact) mass is 337 g/mol. The molecule has 7 nitrogen and oxygen atoms in total. The van der Waals surface area contributed by atoms with Crippen LogP contribution in [0.4, 0.5) is 0 Å². The molecule has 134 valence electrons. The standard InChI is InChI=1S/C17H27N3O4/c18-17(23)13-5-9-24-14(13)10-12-3-7-19(8-4-12)16(22)11-20-6-1-2-15(20)21/h12-14H,1-11H2,(H2,18,23)/t13-,14-/m1/s1. The maximum atomic E-state index is 12.3. The van der Waals surface area contributed by atoms with Gasteiger partial charge in [-0.1, -0.05) is 0 Å². The molecule has 2 atom stereocenters. The fourth-order valence-corrected chi connectivity index (χ4v) is 4.09. The SMILES string of the molecule is NC(=O)[C@@H]1CCO[C@@H]1CC1CCN(C(=O)CN2CCCC2=O)CC1. The average molecular weight is 337 g/mol. The number of hydrogen-bond donors (Lipinski definition) is 1. The molecule has 3 saturated heterocycles. The van der Waals surface area contributed by atoms with Gasteiger partial charge in [0.25, 0.3) is 0 Å². The second-order valence-corrected chi connectivity index (χ2v) is 7.19. The van der Waals surface area contributed by atoms with Crippen LogP contribution in [0.1, 0.15) is 38.5 Å². The predicted octanol–water partition coefficient (Wildman–Crippen LogP) is 0.128. The van der Waals surface area contributed by atoms with Crippen LogP contribution in [-0.2, 0) is 19.1 Å². The van der Waals surface area contributed by atoms with Crippen molar-refractivity contribution in [3.63, 3.8) is 0 Å². The lowest BCUT2D eigenvalue weighted by molar-refractivity contribution is -0.139. The van der Waals surface area contributed by atoms with Crippen LogP contribution in [0, 0.1) is 11.8 Å². The molecule has 0 aromatic carbocycles. The fourth-order valence-electron chi connectivity index (χ4n) is 4.09. The molecule has 0 saturated carbocycles. The van der Waals surface area contributed by atoms with Crippen LogP contribution in [0.15, 0.2) is 0 Å². The first kappa shape index (κ1) is 17.2. The molecule has 3 amide bonds. The van der Waals surface area contributed by atoms with Crippen LogP contribution in [0.25, 0.3) is 0 Å². The smallest absolute Gasteiger partial charge is 0.242 e. The van der Waals surface area contributed by atoms with Gasteiger partial charge in [0.05, 0.1) is 18.6 Å². The molecule has 3 rings (SSSR count). The second-order valence-electron chi connectivity index (χ2n) is 7.19. The highest BCUT2D eigenvalue weighted by Gasteiger charge is 2.35. The van der Waals surface area contributed by atoms with Gasteiger partial charge in [-0.2, -0.15) is 0 Å². The van der Waals surface area contributed by atoms with E-state index < -0.39 is 0 Å². The quantitative estimate of drug-likeness (QED) is 0.771. The van der Waals surface area contributed by atoms with E-state index >= 15 is 0 Å². The molecule has 3 fully saturated rings. The second kappa shape index (κ2) is 7.51. The Balaban J connectivity index is 1.43. The summed E-state index contributed by atoms with van der Waals surface area (Å²) in [7, 11) is 0. The molecule has 0 aromatic heterocycles. The molecule has 0 bridgehead atoms. The first-order chi connectivity index (χ1) is 11.5.